The Morgan fingerprint density at radius 3 is 2.80 bits per heavy atom. The second-order valence-electron chi connectivity index (χ2n) is 5.72. The van der Waals surface area contributed by atoms with E-state index in [1.807, 2.05) is 0 Å². The Hall–Kier alpha value is -1.46. The predicted molar refractivity (Wildman–Crippen MR) is 76.0 cm³/mol. The second kappa shape index (κ2) is 5.89. The maximum absolute atomic E-state index is 12.8. The van der Waals surface area contributed by atoms with Crippen molar-refractivity contribution in [2.45, 2.75) is 31.3 Å². The molecule has 2 heterocycles. The van der Waals surface area contributed by atoms with Gasteiger partial charge >= 0.3 is 0 Å². The quantitative estimate of drug-likeness (QED) is 0.882. The van der Waals surface area contributed by atoms with E-state index in [1.165, 1.54) is 25.0 Å². The molecule has 5 heteroatoms. The van der Waals surface area contributed by atoms with Crippen LogP contribution in [0.3, 0.4) is 0 Å². The Labute approximate surface area is 118 Å². The van der Waals surface area contributed by atoms with Gasteiger partial charge in [0.1, 0.15) is 5.82 Å². The molecule has 3 rings (SSSR count). The first-order valence-corrected chi connectivity index (χ1v) is 7.23. The predicted octanol–water partition coefficient (Wildman–Crippen LogP) is 1.59. The lowest BCUT2D eigenvalue weighted by molar-refractivity contribution is -0.117. The fraction of sp³-hybridized carbons (Fsp3) is 0.533. The van der Waals surface area contributed by atoms with E-state index in [2.05, 4.69) is 15.5 Å². The maximum Gasteiger partial charge on any atom is 0.238 e. The Balaban J connectivity index is 1.52. The van der Waals surface area contributed by atoms with E-state index in [1.54, 1.807) is 12.1 Å². The molecule has 2 fully saturated rings. The van der Waals surface area contributed by atoms with Crippen molar-refractivity contribution >= 4 is 11.6 Å². The van der Waals surface area contributed by atoms with E-state index >= 15 is 0 Å². The highest BCUT2D eigenvalue weighted by Crippen LogP contribution is 2.20. The molecule has 4 nitrogen and oxygen atoms in total. The van der Waals surface area contributed by atoms with Gasteiger partial charge in [0.05, 0.1) is 6.54 Å². The van der Waals surface area contributed by atoms with Crippen LogP contribution in [0.1, 0.15) is 19.3 Å². The lowest BCUT2D eigenvalue weighted by atomic mass is 10.1. The fourth-order valence-electron chi connectivity index (χ4n) is 3.10. The summed E-state index contributed by atoms with van der Waals surface area (Å²) in [4.78, 5) is 14.2. The molecule has 2 unspecified atom stereocenters. The van der Waals surface area contributed by atoms with Crippen LogP contribution in [-0.2, 0) is 4.79 Å². The van der Waals surface area contributed by atoms with Gasteiger partial charge in [0.25, 0.3) is 0 Å². The molecule has 0 radical (unpaired) electrons. The summed E-state index contributed by atoms with van der Waals surface area (Å²) in [7, 11) is 0. The largest absolute Gasteiger partial charge is 0.325 e. The Kier molecular flexibility index (Phi) is 3.98. The molecule has 0 spiro atoms. The number of hydrogen-bond acceptors (Lipinski definition) is 3. The van der Waals surface area contributed by atoms with Crippen LogP contribution >= 0.6 is 0 Å². The number of fused-ring (bicyclic) bond motifs is 2. The first kappa shape index (κ1) is 13.5. The zero-order chi connectivity index (χ0) is 13.9. The summed E-state index contributed by atoms with van der Waals surface area (Å²) in [6.07, 6.45) is 3.58. The number of rotatable bonds is 3. The highest BCUT2D eigenvalue weighted by molar-refractivity contribution is 5.92. The molecule has 2 saturated heterocycles. The molecule has 0 aliphatic carbocycles. The minimum Gasteiger partial charge on any atom is -0.325 e. The molecule has 1 aromatic carbocycles. The third-order valence-corrected chi connectivity index (χ3v) is 4.10. The minimum atomic E-state index is -0.294. The summed E-state index contributed by atoms with van der Waals surface area (Å²) < 4.78 is 12.8. The van der Waals surface area contributed by atoms with Crippen molar-refractivity contribution in [1.82, 2.24) is 10.2 Å². The molecule has 0 saturated carbocycles. The molecular formula is C15H20FN3O. The van der Waals surface area contributed by atoms with Gasteiger partial charge in [0.15, 0.2) is 0 Å². The molecule has 2 aliphatic rings. The summed E-state index contributed by atoms with van der Waals surface area (Å²) in [5.74, 6) is -0.327. The lowest BCUT2D eigenvalue weighted by Gasteiger charge is -2.23. The number of hydrogen-bond donors (Lipinski definition) is 2. The molecule has 2 N–H and O–H groups in total. The number of amides is 1. The molecule has 108 valence electrons. The molecule has 20 heavy (non-hydrogen) atoms. The van der Waals surface area contributed by atoms with Gasteiger partial charge in [-0.25, -0.2) is 4.39 Å². The van der Waals surface area contributed by atoms with Crippen molar-refractivity contribution in [1.29, 1.82) is 0 Å². The Bertz CT molecular complexity index is 477. The highest BCUT2D eigenvalue weighted by Gasteiger charge is 2.29. The maximum atomic E-state index is 12.8. The summed E-state index contributed by atoms with van der Waals surface area (Å²) in [5, 5.41) is 6.41. The standard InChI is InChI=1S/C15H20FN3O/c16-11-1-3-12(4-2-11)18-15(20)10-19-8-7-13-5-6-14(9-19)17-13/h1-4,13-14,17H,5-10H2,(H,18,20). The van der Waals surface area contributed by atoms with Crippen molar-refractivity contribution < 1.29 is 9.18 Å². The van der Waals surface area contributed by atoms with Crippen molar-refractivity contribution in [2.24, 2.45) is 0 Å². The van der Waals surface area contributed by atoms with Crippen molar-refractivity contribution in [2.75, 3.05) is 25.0 Å². The minimum absolute atomic E-state index is 0.0330. The first-order valence-electron chi connectivity index (χ1n) is 7.23. The number of carbonyl (C=O) groups is 1. The van der Waals surface area contributed by atoms with Crippen molar-refractivity contribution in [3.05, 3.63) is 30.1 Å². The van der Waals surface area contributed by atoms with Gasteiger partial charge in [-0.05, 0) is 43.5 Å². The van der Waals surface area contributed by atoms with Gasteiger partial charge in [0.2, 0.25) is 5.91 Å². The average molecular weight is 277 g/mol. The van der Waals surface area contributed by atoms with Crippen LogP contribution in [0.25, 0.3) is 0 Å². The lowest BCUT2D eigenvalue weighted by Crippen LogP contribution is -2.39. The van der Waals surface area contributed by atoms with Crippen molar-refractivity contribution in [3.8, 4) is 0 Å². The number of benzene rings is 1. The van der Waals surface area contributed by atoms with Crippen molar-refractivity contribution in [3.63, 3.8) is 0 Å². The number of nitrogens with zero attached hydrogens (tertiary/aromatic N) is 1. The molecule has 2 bridgehead atoms. The highest BCUT2D eigenvalue weighted by atomic mass is 19.1. The van der Waals surface area contributed by atoms with Crippen LogP contribution in [-0.4, -0.2) is 42.5 Å². The van der Waals surface area contributed by atoms with Crippen LogP contribution in [0.5, 0.6) is 0 Å². The molecule has 1 aromatic rings. The topological polar surface area (TPSA) is 44.4 Å². The van der Waals surface area contributed by atoms with Gasteiger partial charge in [-0.3, -0.25) is 9.69 Å². The molecule has 2 atom stereocenters. The zero-order valence-electron chi connectivity index (χ0n) is 11.4. The van der Waals surface area contributed by atoms with E-state index in [0.717, 1.165) is 19.5 Å². The number of halogens is 1. The third kappa shape index (κ3) is 3.35. The summed E-state index contributed by atoms with van der Waals surface area (Å²) in [6.45, 7) is 2.31. The second-order valence-corrected chi connectivity index (χ2v) is 5.72. The Morgan fingerprint density at radius 1 is 1.25 bits per heavy atom. The van der Waals surface area contributed by atoms with E-state index in [4.69, 9.17) is 0 Å². The molecule has 2 aliphatic heterocycles. The van der Waals surface area contributed by atoms with Crippen LogP contribution < -0.4 is 10.6 Å². The summed E-state index contributed by atoms with van der Waals surface area (Å²) >= 11 is 0. The normalized spacial score (nSPS) is 26.2. The van der Waals surface area contributed by atoms with Gasteiger partial charge in [-0.2, -0.15) is 0 Å². The SMILES string of the molecule is O=C(CN1CCC2CCC(C1)N2)Nc1ccc(F)cc1. The first-order chi connectivity index (χ1) is 9.69. The van der Waals surface area contributed by atoms with Gasteiger partial charge in [0, 0.05) is 30.9 Å². The zero-order valence-corrected chi connectivity index (χ0v) is 11.4. The summed E-state index contributed by atoms with van der Waals surface area (Å²) in [6, 6.07) is 7.03. The van der Waals surface area contributed by atoms with E-state index in [0.29, 0.717) is 24.3 Å². The van der Waals surface area contributed by atoms with Crippen LogP contribution in [0, 0.1) is 5.82 Å². The average Bonchev–Trinajstić information content (AvgIpc) is 2.76. The van der Waals surface area contributed by atoms with Gasteiger partial charge < -0.3 is 10.6 Å². The Morgan fingerprint density at radius 2 is 2.00 bits per heavy atom. The van der Waals surface area contributed by atoms with Crippen LogP contribution in [0.4, 0.5) is 10.1 Å². The number of likely N-dealkylation sites (tertiary alicyclic amines) is 1. The fourth-order valence-corrected chi connectivity index (χ4v) is 3.10. The van der Waals surface area contributed by atoms with E-state index < -0.39 is 0 Å². The molecule has 0 aromatic heterocycles. The monoisotopic (exact) mass is 277 g/mol. The molecule has 1 amide bonds. The van der Waals surface area contributed by atoms with Crippen LogP contribution in [0.15, 0.2) is 24.3 Å². The number of nitrogens with one attached hydrogen (secondary N) is 2. The summed E-state index contributed by atoms with van der Waals surface area (Å²) in [5.41, 5.74) is 0.644. The van der Waals surface area contributed by atoms with E-state index in [-0.39, 0.29) is 11.7 Å². The van der Waals surface area contributed by atoms with Gasteiger partial charge in [-0.15, -0.1) is 0 Å². The molecular weight excluding hydrogens is 257 g/mol. The smallest absolute Gasteiger partial charge is 0.238 e. The number of anilines is 1. The number of carbonyl (C=O) groups excluding carboxylic acids is 1. The van der Waals surface area contributed by atoms with Gasteiger partial charge in [-0.1, -0.05) is 0 Å². The third-order valence-electron chi connectivity index (χ3n) is 4.10. The van der Waals surface area contributed by atoms with Crippen LogP contribution in [0.2, 0.25) is 0 Å². The van der Waals surface area contributed by atoms with E-state index in [9.17, 15) is 9.18 Å².